The largest absolute Gasteiger partial charge is 1.00 e. The fraction of sp³-hybridized carbons (Fsp3) is 0.965. The number of ketones is 1. The van der Waals surface area contributed by atoms with Crippen LogP contribution in [0.3, 0.4) is 0 Å². The molecule has 16 aliphatic rings. The molecule has 108 heavy (non-hydrogen) atoms. The van der Waals surface area contributed by atoms with E-state index in [2.05, 4.69) is 88.8 Å². The number of likely N-dealkylation sites (tertiary alicyclic amines) is 2. The Balaban J connectivity index is 0.000000198. The summed E-state index contributed by atoms with van der Waals surface area (Å²) >= 11 is 0. The smallest absolute Gasteiger partial charge is 1.00 e. The molecule has 27 atom stereocenters. The number of hydrogen-bond acceptors (Lipinski definition) is 20. The summed E-state index contributed by atoms with van der Waals surface area (Å²) < 4.78 is 62.2. The van der Waals surface area contributed by atoms with E-state index in [4.69, 9.17) is 47.4 Å². The fourth-order valence-electron chi connectivity index (χ4n) is 30.2. The molecule has 0 amide bonds. The van der Waals surface area contributed by atoms with Crippen LogP contribution >= 0.6 is 0 Å². The van der Waals surface area contributed by atoms with Gasteiger partial charge in [0, 0.05) is 132 Å². The molecule has 16 rings (SSSR count). The molecule has 20 nitrogen and oxygen atoms in total. The topological polar surface area (TPSA) is 217 Å². The Morgan fingerprint density at radius 2 is 0.981 bits per heavy atom. The van der Waals surface area contributed by atoms with Crippen molar-refractivity contribution < 1.29 is 108 Å². The van der Waals surface area contributed by atoms with Crippen LogP contribution in [0.15, 0.2) is 0 Å². The van der Waals surface area contributed by atoms with Gasteiger partial charge in [-0.15, -0.1) is 0 Å². The van der Waals surface area contributed by atoms with Crippen LogP contribution < -0.4 is 29.6 Å². The summed E-state index contributed by atoms with van der Waals surface area (Å²) in [5, 5.41) is 34.8. The van der Waals surface area contributed by atoms with E-state index in [1.165, 1.54) is 58.8 Å². The molecule has 22 heteroatoms. The van der Waals surface area contributed by atoms with Crippen molar-refractivity contribution in [2.75, 3.05) is 119 Å². The Hall–Kier alpha value is -0.925. The van der Waals surface area contributed by atoms with Crippen molar-refractivity contribution in [1.82, 2.24) is 19.6 Å². The minimum absolute atomic E-state index is 0. The summed E-state index contributed by atoms with van der Waals surface area (Å²) in [6.07, 6.45) is 13.5. The number of Topliss-reactive ketones (excluding diaryl/α,β-unsaturated/α-hetero) is 1. The van der Waals surface area contributed by atoms with Crippen LogP contribution in [0.25, 0.3) is 0 Å². The molecule has 2 unspecified atom stereocenters. The molecule has 4 spiro atoms. The molecule has 607 valence electrons. The van der Waals surface area contributed by atoms with Gasteiger partial charge in [0.1, 0.15) is 6.10 Å². The van der Waals surface area contributed by atoms with E-state index in [0.717, 1.165) is 156 Å². The zero-order valence-electron chi connectivity index (χ0n) is 71.3. The van der Waals surface area contributed by atoms with Crippen molar-refractivity contribution in [3.05, 3.63) is 0 Å². The van der Waals surface area contributed by atoms with Gasteiger partial charge in [-0.1, -0.05) is 69.2 Å². The molecule has 0 aromatic heterocycles. The molecule has 6 heterocycles. The Morgan fingerprint density at radius 1 is 0.565 bits per heavy atom. The van der Waals surface area contributed by atoms with Crippen LogP contribution in [0.5, 0.6) is 0 Å². The molecular formula is C86H143BN4NaO16. The van der Waals surface area contributed by atoms with Gasteiger partial charge in [-0.05, 0) is 227 Å². The average molecular weight is 1520 g/mol. The molecular weight excluding hydrogens is 1380 g/mol. The van der Waals surface area contributed by atoms with Gasteiger partial charge in [0.2, 0.25) is 0 Å². The molecule has 10 saturated carbocycles. The molecule has 6 aliphatic heterocycles. The third-order valence-corrected chi connectivity index (χ3v) is 35.1. The fourth-order valence-corrected chi connectivity index (χ4v) is 30.2. The zero-order valence-corrected chi connectivity index (χ0v) is 72.3. The number of rotatable bonds is 20. The standard InChI is InChI=1S/C43H72N2O8.C43H70N2O8.B.Na.H/c2*1-26-20-29(37(39(5,6)48)51-27(2)46)52-35-34(26)40(7)14-15-43-25-42(43)13-12-32(38(3,4)30(42)10-11-31(43)41(40,8)36(35)47)53-33-24-45(17-19-50-33)23-28-21-44(22-28)16-18-49-9;;;/h26,28-37,47-48H,10-25H2,1-9H3;26,28-35,37,48H,10-25H2,1-9H3;;;/q;;;+1;-1/t26-,29-,30+,31+,32+,33+,34+,35+,36+,37+,40-,41-,42?,43+;26-,29-,30+,31+,32+,33+,34+,35+,37+,40-,41-,42?,43+;;;/m11.../s1. The number of methoxy groups -OCH3 is 2. The monoisotopic (exact) mass is 1520 g/mol. The van der Waals surface area contributed by atoms with Gasteiger partial charge in [0.25, 0.3) is 0 Å². The summed E-state index contributed by atoms with van der Waals surface area (Å²) in [7, 11) is 3.55. The first kappa shape index (κ1) is 85.0. The number of ether oxygens (including phenoxy) is 10. The minimum Gasteiger partial charge on any atom is -1.00 e. The molecule has 0 aromatic rings. The summed E-state index contributed by atoms with van der Waals surface area (Å²) in [5.41, 5.74) is -2.38. The van der Waals surface area contributed by atoms with Gasteiger partial charge in [0.15, 0.2) is 30.6 Å². The molecule has 3 radical (unpaired) electrons. The first-order valence-electron chi connectivity index (χ1n) is 42.6. The van der Waals surface area contributed by atoms with Crippen LogP contribution in [-0.2, 0) is 61.8 Å². The number of carbonyl (C=O) groups excluding carboxylic acids is 3. The SMILES string of the molecule is COCCN1CC(CN2CCO[C@@H](O[C@H]3CCC45C[C@]46CC[C@]4(C)[C@@H]7[C@H](O[C@@H]([C@H](OC(C)=O)C(C)(C)O)C[C@H]7C)[C@H](O)[C@@]4(C)[C@@H]6CC[C@H]5C3(C)C)C2)C1.COCCN1CC(CN2CCO[C@@H](O[C@H]3CCC45C[C@]46CC[C@]4(C)[C@H]7[C@H](C)C[C@H]([C@H](OC(C)=O)C(C)(C)O)O[C@@H]7C(=O)[C@@]4(C)[C@@H]6CC[C@H]5C3(C)C)C2)C1.[B].[H-].[Na+]. The summed E-state index contributed by atoms with van der Waals surface area (Å²) in [6.45, 7) is 49.3. The summed E-state index contributed by atoms with van der Waals surface area (Å²) in [4.78, 5) is 49.5. The van der Waals surface area contributed by atoms with E-state index in [1.807, 2.05) is 0 Å². The van der Waals surface area contributed by atoms with E-state index in [1.54, 1.807) is 41.9 Å². The van der Waals surface area contributed by atoms with E-state index >= 15 is 4.79 Å². The van der Waals surface area contributed by atoms with Crippen LogP contribution in [0, 0.1) is 113 Å². The second kappa shape index (κ2) is 30.2. The van der Waals surface area contributed by atoms with Crippen molar-refractivity contribution in [1.29, 1.82) is 0 Å². The number of esters is 2. The zero-order chi connectivity index (χ0) is 75.9. The number of aliphatic hydroxyl groups excluding tert-OH is 1. The van der Waals surface area contributed by atoms with Gasteiger partial charge in [0.05, 0.1) is 74.3 Å². The average Bonchev–Trinajstić information content (AvgIpc) is 1.46. The van der Waals surface area contributed by atoms with Gasteiger partial charge in [-0.25, -0.2) is 0 Å². The van der Waals surface area contributed by atoms with E-state index in [-0.39, 0.29) is 143 Å². The molecule has 0 bridgehead atoms. The van der Waals surface area contributed by atoms with Gasteiger partial charge in [-0.2, -0.15) is 0 Å². The molecule has 6 saturated heterocycles. The number of hydrogen-bond donors (Lipinski definition) is 3. The summed E-state index contributed by atoms with van der Waals surface area (Å²) in [6, 6.07) is 0. The van der Waals surface area contributed by atoms with Crippen LogP contribution in [0.4, 0.5) is 0 Å². The van der Waals surface area contributed by atoms with Crippen molar-refractivity contribution in [3.8, 4) is 0 Å². The third kappa shape index (κ3) is 13.4. The number of carbonyl (C=O) groups is 3. The first-order valence-corrected chi connectivity index (χ1v) is 42.6. The molecule has 16 fully saturated rings. The predicted octanol–water partition coefficient (Wildman–Crippen LogP) is 7.19. The quantitative estimate of drug-likeness (QED) is 0.0812. The van der Waals surface area contributed by atoms with Crippen molar-refractivity contribution in [2.24, 2.45) is 113 Å². The predicted molar refractivity (Wildman–Crippen MR) is 407 cm³/mol. The van der Waals surface area contributed by atoms with Crippen LogP contribution in [0.2, 0.25) is 0 Å². The Kier molecular flexibility index (Phi) is 23.7. The second-order valence-electron chi connectivity index (χ2n) is 41.9. The molecule has 10 aliphatic carbocycles. The third-order valence-electron chi connectivity index (χ3n) is 35.1. The Labute approximate surface area is 674 Å². The molecule has 3 N–H and O–H groups in total. The van der Waals surface area contributed by atoms with Crippen molar-refractivity contribution in [3.63, 3.8) is 0 Å². The Morgan fingerprint density at radius 3 is 1.44 bits per heavy atom. The van der Waals surface area contributed by atoms with E-state index in [9.17, 15) is 24.9 Å². The maximum atomic E-state index is 15.1. The van der Waals surface area contributed by atoms with E-state index in [0.29, 0.717) is 47.8 Å². The number of morpholine rings is 2. The van der Waals surface area contributed by atoms with Crippen LogP contribution in [0.1, 0.15) is 215 Å². The van der Waals surface area contributed by atoms with Crippen LogP contribution in [-0.4, -0.2) is 259 Å². The number of nitrogens with zero attached hydrogens (tertiary/aromatic N) is 4. The van der Waals surface area contributed by atoms with Gasteiger partial charge in [-0.3, -0.25) is 24.2 Å². The van der Waals surface area contributed by atoms with Crippen molar-refractivity contribution in [2.45, 2.75) is 292 Å². The number of aliphatic hydroxyl groups is 3. The second-order valence-corrected chi connectivity index (χ2v) is 41.9. The Bertz CT molecular complexity index is 3250. The maximum absolute atomic E-state index is 15.1. The summed E-state index contributed by atoms with van der Waals surface area (Å²) in [5.74, 6) is 3.63. The first-order chi connectivity index (χ1) is 49.8. The van der Waals surface area contributed by atoms with Crippen molar-refractivity contribution >= 4 is 26.1 Å². The normalized spacial score (nSPS) is 47.1. The maximum Gasteiger partial charge on any atom is 1.00 e. The molecule has 0 aromatic carbocycles. The number of fused-ring (bicyclic) bond motifs is 8. The van der Waals surface area contributed by atoms with Gasteiger partial charge < -0.3 is 73.9 Å². The minimum atomic E-state index is -1.28. The van der Waals surface area contributed by atoms with Gasteiger partial charge >= 0.3 is 41.5 Å². The van der Waals surface area contributed by atoms with E-state index < -0.39 is 65.2 Å².